The van der Waals surface area contributed by atoms with E-state index < -0.39 is 0 Å². The first-order valence-electron chi connectivity index (χ1n) is 2.87. The highest BCUT2D eigenvalue weighted by Crippen LogP contribution is 2.27. The van der Waals surface area contributed by atoms with Gasteiger partial charge in [-0.05, 0) is 6.07 Å². The molecule has 0 saturated heterocycles. The van der Waals surface area contributed by atoms with Crippen LogP contribution < -0.4 is 4.74 Å². The Morgan fingerprint density at radius 2 is 2.20 bits per heavy atom. The largest absolute Gasteiger partial charge is 0.504 e. The minimum absolute atomic E-state index is 0.00463. The van der Waals surface area contributed by atoms with Crippen molar-refractivity contribution in [3.8, 4) is 11.5 Å². The monoisotopic (exact) mass is 136 g/mol. The zero-order chi connectivity index (χ0) is 7.56. The van der Waals surface area contributed by atoms with Gasteiger partial charge in [0.1, 0.15) is 0 Å². The average molecular weight is 136 g/mol. The van der Waals surface area contributed by atoms with Crippen molar-refractivity contribution in [2.75, 3.05) is 7.11 Å². The molecule has 2 heteroatoms. The molecule has 0 aromatic heterocycles. The molecule has 1 rings (SSSR count). The van der Waals surface area contributed by atoms with Gasteiger partial charge >= 0.3 is 0 Å². The lowest BCUT2D eigenvalue weighted by atomic mass is 10.2. The molecule has 52 valence electrons. The normalized spacial score (nSPS) is 9.40. The molecular formula is C8H8O2. The van der Waals surface area contributed by atoms with Crippen LogP contribution in [0.15, 0.2) is 18.2 Å². The fraction of sp³-hybridized carbons (Fsp3) is 0.125. The molecule has 2 nitrogen and oxygen atoms in total. The second-order valence-electron chi connectivity index (χ2n) is 1.90. The van der Waals surface area contributed by atoms with Crippen molar-refractivity contribution in [2.45, 2.75) is 0 Å². The Bertz CT molecular complexity index is 231. The Labute approximate surface area is 60.1 Å². The van der Waals surface area contributed by atoms with Crippen LogP contribution in [0.3, 0.4) is 0 Å². The average Bonchev–Trinajstić information content (AvgIpc) is 1.95. The molecule has 0 heterocycles. The number of rotatable bonds is 1. The maximum absolute atomic E-state index is 9.15. The number of hydrogen-bond donors (Lipinski definition) is 1. The molecule has 0 aliphatic carbocycles. The van der Waals surface area contributed by atoms with E-state index in [4.69, 9.17) is 16.8 Å². The molecule has 10 heavy (non-hydrogen) atoms. The van der Waals surface area contributed by atoms with E-state index in [2.05, 4.69) is 0 Å². The molecule has 2 radical (unpaired) electrons. The maximum Gasteiger partial charge on any atom is 0.161 e. The molecule has 0 aliphatic rings. The molecule has 0 saturated carbocycles. The van der Waals surface area contributed by atoms with E-state index >= 15 is 0 Å². The highest BCUT2D eigenvalue weighted by atomic mass is 16.5. The molecule has 0 fully saturated rings. The first-order valence-corrected chi connectivity index (χ1v) is 2.87. The minimum Gasteiger partial charge on any atom is -0.504 e. The van der Waals surface area contributed by atoms with Crippen LogP contribution in [0.1, 0.15) is 5.56 Å². The molecule has 0 atom stereocenters. The molecule has 0 amide bonds. The van der Waals surface area contributed by atoms with Crippen LogP contribution >= 0.6 is 0 Å². The Morgan fingerprint density at radius 1 is 1.50 bits per heavy atom. The van der Waals surface area contributed by atoms with Gasteiger partial charge in [-0.2, -0.15) is 0 Å². The van der Waals surface area contributed by atoms with Crippen molar-refractivity contribution >= 4 is 0 Å². The first-order chi connectivity index (χ1) is 4.75. The van der Waals surface area contributed by atoms with Crippen molar-refractivity contribution < 1.29 is 9.84 Å². The van der Waals surface area contributed by atoms with Gasteiger partial charge in [0.15, 0.2) is 11.5 Å². The molecule has 0 unspecified atom stereocenters. The van der Waals surface area contributed by atoms with E-state index in [1.165, 1.54) is 7.11 Å². The lowest BCUT2D eigenvalue weighted by Crippen LogP contribution is -1.84. The third kappa shape index (κ3) is 1.05. The Balaban J connectivity index is 3.14. The van der Waals surface area contributed by atoms with Crippen molar-refractivity contribution in [1.82, 2.24) is 0 Å². The summed E-state index contributed by atoms with van der Waals surface area (Å²) in [7, 11) is 1.48. The van der Waals surface area contributed by atoms with Crippen LogP contribution in [0.2, 0.25) is 0 Å². The lowest BCUT2D eigenvalue weighted by molar-refractivity contribution is 0.372. The number of benzene rings is 1. The van der Waals surface area contributed by atoms with Crippen LogP contribution in [0, 0.1) is 6.92 Å². The Hall–Kier alpha value is -1.18. The van der Waals surface area contributed by atoms with Gasteiger partial charge in [-0.3, -0.25) is 0 Å². The standard InChI is InChI=1S/C8H8O2/c1-6-4-3-5-7(10-2)8(6)9/h1,3-5,9H,2H3. The number of para-hydroxylation sites is 1. The van der Waals surface area contributed by atoms with Gasteiger partial charge in [-0.25, -0.2) is 0 Å². The van der Waals surface area contributed by atoms with E-state index in [1.54, 1.807) is 18.2 Å². The number of phenolic OH excluding ortho intramolecular Hbond substituents is 1. The third-order valence-electron chi connectivity index (χ3n) is 1.25. The molecule has 0 spiro atoms. The molecule has 0 aliphatic heterocycles. The van der Waals surface area contributed by atoms with E-state index in [1.807, 2.05) is 0 Å². The Morgan fingerprint density at radius 3 is 2.70 bits per heavy atom. The van der Waals surface area contributed by atoms with Gasteiger partial charge in [0, 0.05) is 12.5 Å². The van der Waals surface area contributed by atoms with Gasteiger partial charge in [0.05, 0.1) is 7.11 Å². The van der Waals surface area contributed by atoms with Crippen LogP contribution in [0.4, 0.5) is 0 Å². The predicted molar refractivity (Wildman–Crippen MR) is 38.1 cm³/mol. The van der Waals surface area contributed by atoms with E-state index in [-0.39, 0.29) is 5.75 Å². The van der Waals surface area contributed by atoms with Gasteiger partial charge in [0.25, 0.3) is 0 Å². The summed E-state index contributed by atoms with van der Waals surface area (Å²) >= 11 is 0. The number of phenols is 1. The number of hydrogen-bond acceptors (Lipinski definition) is 2. The van der Waals surface area contributed by atoms with Crippen molar-refractivity contribution in [3.05, 3.63) is 30.7 Å². The SMILES string of the molecule is [CH]c1cccc(OC)c1O. The highest BCUT2D eigenvalue weighted by molar-refractivity contribution is 5.46. The third-order valence-corrected chi connectivity index (χ3v) is 1.25. The summed E-state index contributed by atoms with van der Waals surface area (Å²) in [4.78, 5) is 0. The van der Waals surface area contributed by atoms with Gasteiger partial charge in [-0.15, -0.1) is 0 Å². The number of ether oxygens (including phenoxy) is 1. The zero-order valence-electron chi connectivity index (χ0n) is 5.66. The van der Waals surface area contributed by atoms with Gasteiger partial charge < -0.3 is 9.84 Å². The van der Waals surface area contributed by atoms with E-state index in [0.29, 0.717) is 11.3 Å². The molecular weight excluding hydrogens is 128 g/mol. The molecule has 1 aromatic carbocycles. The molecule has 1 N–H and O–H groups in total. The first kappa shape index (κ1) is 6.93. The van der Waals surface area contributed by atoms with Crippen molar-refractivity contribution in [1.29, 1.82) is 0 Å². The fourth-order valence-corrected chi connectivity index (χ4v) is 0.704. The van der Waals surface area contributed by atoms with Crippen LogP contribution in [-0.4, -0.2) is 12.2 Å². The Kier molecular flexibility index (Phi) is 1.81. The second kappa shape index (κ2) is 2.60. The van der Waals surface area contributed by atoms with Crippen molar-refractivity contribution in [3.63, 3.8) is 0 Å². The highest BCUT2D eigenvalue weighted by Gasteiger charge is 2.00. The second-order valence-corrected chi connectivity index (χ2v) is 1.90. The van der Waals surface area contributed by atoms with E-state index in [9.17, 15) is 0 Å². The summed E-state index contributed by atoms with van der Waals surface area (Å²) in [6.07, 6.45) is 0. The maximum atomic E-state index is 9.15. The van der Waals surface area contributed by atoms with Crippen molar-refractivity contribution in [2.24, 2.45) is 0 Å². The topological polar surface area (TPSA) is 29.5 Å². The zero-order valence-corrected chi connectivity index (χ0v) is 5.66. The summed E-state index contributed by atoms with van der Waals surface area (Å²) in [6, 6.07) is 4.97. The van der Waals surface area contributed by atoms with Crippen LogP contribution in [-0.2, 0) is 0 Å². The van der Waals surface area contributed by atoms with Gasteiger partial charge in [0.2, 0.25) is 0 Å². The lowest BCUT2D eigenvalue weighted by Gasteiger charge is -2.03. The predicted octanol–water partition coefficient (Wildman–Crippen LogP) is 1.46. The summed E-state index contributed by atoms with van der Waals surface area (Å²) in [6.45, 7) is 5.37. The number of aromatic hydroxyl groups is 1. The minimum atomic E-state index is 0.00463. The summed E-state index contributed by atoms with van der Waals surface area (Å²) < 4.78 is 4.80. The smallest absolute Gasteiger partial charge is 0.161 e. The van der Waals surface area contributed by atoms with Crippen LogP contribution in [0.5, 0.6) is 11.5 Å². The van der Waals surface area contributed by atoms with Gasteiger partial charge in [-0.1, -0.05) is 12.1 Å². The summed E-state index contributed by atoms with van der Waals surface area (Å²) in [5.74, 6) is 0.407. The molecule has 1 aromatic rings. The molecule has 0 bridgehead atoms. The summed E-state index contributed by atoms with van der Waals surface area (Å²) in [5.41, 5.74) is 0.333. The fourth-order valence-electron chi connectivity index (χ4n) is 0.704. The quantitative estimate of drug-likeness (QED) is 0.633. The summed E-state index contributed by atoms with van der Waals surface area (Å²) in [5, 5.41) is 9.15. The van der Waals surface area contributed by atoms with Crippen LogP contribution in [0.25, 0.3) is 0 Å². The van der Waals surface area contributed by atoms with E-state index in [0.717, 1.165) is 0 Å². The number of methoxy groups -OCH3 is 1.